The van der Waals surface area contributed by atoms with E-state index in [2.05, 4.69) is 54.9 Å². The van der Waals surface area contributed by atoms with E-state index in [4.69, 9.17) is 9.72 Å². The maximum atomic E-state index is 5.34. The molecule has 2 aliphatic rings. The summed E-state index contributed by atoms with van der Waals surface area (Å²) in [5.41, 5.74) is 4.65. The summed E-state index contributed by atoms with van der Waals surface area (Å²) in [5, 5.41) is 2.38. The van der Waals surface area contributed by atoms with Crippen molar-refractivity contribution in [2.24, 2.45) is 7.05 Å². The van der Waals surface area contributed by atoms with Crippen molar-refractivity contribution in [3.8, 4) is 17.1 Å². The van der Waals surface area contributed by atoms with Gasteiger partial charge in [-0.1, -0.05) is 11.6 Å². The number of hydrogen-bond donors (Lipinski definition) is 0. The van der Waals surface area contributed by atoms with E-state index in [9.17, 15) is 0 Å². The van der Waals surface area contributed by atoms with Gasteiger partial charge in [-0.15, -0.1) is 0 Å². The highest BCUT2D eigenvalue weighted by Crippen LogP contribution is 2.35. The summed E-state index contributed by atoms with van der Waals surface area (Å²) in [6.45, 7) is 2.11. The Labute approximate surface area is 123 Å². The largest absolute Gasteiger partial charge is 0.497 e. The summed E-state index contributed by atoms with van der Waals surface area (Å²) in [4.78, 5) is 4.78. The van der Waals surface area contributed by atoms with E-state index >= 15 is 0 Å². The quantitative estimate of drug-likeness (QED) is 0.522. The third-order valence-electron chi connectivity index (χ3n) is 4.12. The third-order valence-corrected chi connectivity index (χ3v) is 4.12. The first-order chi connectivity index (χ1) is 10.2. The van der Waals surface area contributed by atoms with Crippen LogP contribution in [0.1, 0.15) is 5.56 Å². The Morgan fingerprint density at radius 3 is 2.71 bits per heavy atom. The molecule has 2 aromatic carbocycles. The highest BCUT2D eigenvalue weighted by atomic mass is 16.5. The number of pyridine rings is 1. The lowest BCUT2D eigenvalue weighted by Gasteiger charge is -2.12. The fourth-order valence-corrected chi connectivity index (χ4v) is 3.01. The van der Waals surface area contributed by atoms with Gasteiger partial charge in [-0.05, 0) is 43.3 Å². The highest BCUT2D eigenvalue weighted by Gasteiger charge is 2.16. The van der Waals surface area contributed by atoms with E-state index in [0.717, 1.165) is 22.6 Å². The molecule has 0 bridgehead atoms. The van der Waals surface area contributed by atoms with E-state index in [0.29, 0.717) is 0 Å². The molecule has 0 amide bonds. The van der Waals surface area contributed by atoms with Crippen molar-refractivity contribution in [1.82, 2.24) is 9.55 Å². The molecule has 0 aromatic heterocycles. The number of aryl methyl sites for hydroxylation is 2. The number of hydrogen-bond acceptors (Lipinski definition) is 2. The topological polar surface area (TPSA) is 27.1 Å². The first kappa shape index (κ1) is 12.2. The van der Waals surface area contributed by atoms with Crippen LogP contribution in [-0.2, 0) is 7.05 Å². The molecular weight excluding hydrogens is 260 g/mol. The predicted octanol–water partition coefficient (Wildman–Crippen LogP) is 4.15. The molecule has 0 spiro atoms. The normalized spacial score (nSPS) is 11.6. The molecule has 21 heavy (non-hydrogen) atoms. The lowest BCUT2D eigenvalue weighted by atomic mass is 10.1. The van der Waals surface area contributed by atoms with Gasteiger partial charge in [0.05, 0.1) is 12.6 Å². The van der Waals surface area contributed by atoms with Crippen molar-refractivity contribution in [2.45, 2.75) is 6.92 Å². The van der Waals surface area contributed by atoms with Crippen LogP contribution in [0.4, 0.5) is 0 Å². The Hall–Kier alpha value is -2.55. The van der Waals surface area contributed by atoms with Gasteiger partial charge in [0, 0.05) is 28.9 Å². The predicted molar refractivity (Wildman–Crippen MR) is 86.1 cm³/mol. The number of nitrogens with zero attached hydrogens (tertiary/aromatic N) is 2. The maximum absolute atomic E-state index is 5.34. The second-order valence-corrected chi connectivity index (χ2v) is 5.50. The van der Waals surface area contributed by atoms with Gasteiger partial charge in [-0.2, -0.15) is 0 Å². The summed E-state index contributed by atoms with van der Waals surface area (Å²) in [5.74, 6) is 1.90. The van der Waals surface area contributed by atoms with E-state index in [1.54, 1.807) is 7.11 Å². The molecule has 0 N–H and O–H groups in total. The number of benzene rings is 2. The zero-order valence-corrected chi connectivity index (χ0v) is 12.3. The zero-order chi connectivity index (χ0) is 14.6. The first-order valence-electron chi connectivity index (χ1n) is 7.01. The van der Waals surface area contributed by atoms with Crippen LogP contribution in [-0.4, -0.2) is 16.7 Å². The molecule has 2 heterocycles. The molecule has 0 fully saturated rings. The minimum atomic E-state index is 0.877. The Balaban J connectivity index is 2.17. The van der Waals surface area contributed by atoms with Crippen molar-refractivity contribution in [3.05, 3.63) is 48.0 Å². The van der Waals surface area contributed by atoms with Gasteiger partial charge in [0.1, 0.15) is 11.6 Å². The SMILES string of the molecule is COc1ccc2c(c1)cc1c3cc(C)ccc3nc-1n2C. The molecule has 0 saturated carbocycles. The van der Waals surface area contributed by atoms with Gasteiger partial charge in [0.15, 0.2) is 0 Å². The van der Waals surface area contributed by atoms with Crippen molar-refractivity contribution in [2.75, 3.05) is 7.11 Å². The lowest BCUT2D eigenvalue weighted by molar-refractivity contribution is 0.415. The van der Waals surface area contributed by atoms with Crippen LogP contribution < -0.4 is 4.74 Å². The monoisotopic (exact) mass is 276 g/mol. The Kier molecular flexibility index (Phi) is 2.45. The lowest BCUT2D eigenvalue weighted by Crippen LogP contribution is -1.99. The molecule has 0 unspecified atom stereocenters. The summed E-state index contributed by atoms with van der Waals surface area (Å²) in [6, 6.07) is 14.8. The molecular formula is C18H16N2O. The maximum Gasteiger partial charge on any atom is 0.141 e. The molecule has 0 atom stereocenters. The molecule has 0 radical (unpaired) electrons. The number of fused-ring (bicyclic) bond motifs is 4. The Bertz CT molecular complexity index is 952. The van der Waals surface area contributed by atoms with Gasteiger partial charge in [0.2, 0.25) is 0 Å². The van der Waals surface area contributed by atoms with Crippen LogP contribution in [0.3, 0.4) is 0 Å². The average molecular weight is 276 g/mol. The summed E-state index contributed by atoms with van der Waals surface area (Å²) in [7, 11) is 3.76. The smallest absolute Gasteiger partial charge is 0.141 e. The molecule has 104 valence electrons. The molecule has 0 saturated heterocycles. The molecule has 2 aromatic rings. The van der Waals surface area contributed by atoms with Gasteiger partial charge in [-0.25, -0.2) is 4.98 Å². The van der Waals surface area contributed by atoms with E-state index in [1.807, 2.05) is 6.07 Å². The molecule has 3 nitrogen and oxygen atoms in total. The summed E-state index contributed by atoms with van der Waals surface area (Å²) in [6.07, 6.45) is 0. The minimum absolute atomic E-state index is 0.877. The Morgan fingerprint density at radius 2 is 1.90 bits per heavy atom. The van der Waals surface area contributed by atoms with Crippen LogP contribution >= 0.6 is 0 Å². The van der Waals surface area contributed by atoms with Crippen LogP contribution in [0.2, 0.25) is 0 Å². The fraction of sp³-hybridized carbons (Fsp3) is 0.167. The Morgan fingerprint density at radius 1 is 1.05 bits per heavy atom. The van der Waals surface area contributed by atoms with Crippen LogP contribution in [0.25, 0.3) is 33.2 Å². The van der Waals surface area contributed by atoms with Crippen molar-refractivity contribution in [1.29, 1.82) is 0 Å². The fourth-order valence-electron chi connectivity index (χ4n) is 3.01. The number of rotatable bonds is 1. The second-order valence-electron chi connectivity index (χ2n) is 5.50. The standard InChI is InChI=1S/C18H16N2O/c1-11-4-6-16-14(8-11)15-10-12-9-13(21-3)5-7-17(12)20(2)18(15)19-16/h4-10H,1-3H3. The van der Waals surface area contributed by atoms with Crippen molar-refractivity contribution >= 4 is 21.8 Å². The van der Waals surface area contributed by atoms with E-state index in [1.165, 1.54) is 21.9 Å². The van der Waals surface area contributed by atoms with E-state index in [-0.39, 0.29) is 0 Å². The molecule has 4 rings (SSSR count). The van der Waals surface area contributed by atoms with Crippen molar-refractivity contribution in [3.63, 3.8) is 0 Å². The second kappa shape index (κ2) is 4.22. The van der Waals surface area contributed by atoms with Gasteiger partial charge < -0.3 is 9.30 Å². The first-order valence-corrected chi connectivity index (χ1v) is 7.01. The van der Waals surface area contributed by atoms with Gasteiger partial charge in [0.25, 0.3) is 0 Å². The van der Waals surface area contributed by atoms with Gasteiger partial charge >= 0.3 is 0 Å². The van der Waals surface area contributed by atoms with Crippen LogP contribution in [0, 0.1) is 6.92 Å². The van der Waals surface area contributed by atoms with Crippen molar-refractivity contribution < 1.29 is 4.74 Å². The van der Waals surface area contributed by atoms with Crippen LogP contribution in [0.15, 0.2) is 42.5 Å². The average Bonchev–Trinajstić information content (AvgIpc) is 2.85. The molecule has 3 heteroatoms. The molecule has 2 aliphatic heterocycles. The van der Waals surface area contributed by atoms with Crippen LogP contribution in [0.5, 0.6) is 5.75 Å². The number of ether oxygens (including phenoxy) is 1. The zero-order valence-electron chi connectivity index (χ0n) is 12.3. The number of aromatic nitrogens is 2. The minimum Gasteiger partial charge on any atom is -0.497 e. The summed E-state index contributed by atoms with van der Waals surface area (Å²) < 4.78 is 7.49. The van der Waals surface area contributed by atoms with Gasteiger partial charge in [-0.3, -0.25) is 0 Å². The highest BCUT2D eigenvalue weighted by molar-refractivity contribution is 6.01. The third kappa shape index (κ3) is 1.70. The summed E-state index contributed by atoms with van der Waals surface area (Å²) >= 11 is 0. The number of methoxy groups -OCH3 is 1. The molecule has 0 aliphatic carbocycles. The van der Waals surface area contributed by atoms with E-state index < -0.39 is 0 Å².